The first-order valence-corrected chi connectivity index (χ1v) is 6.92. The van der Waals surface area contributed by atoms with E-state index in [0.29, 0.717) is 11.0 Å². The third kappa shape index (κ3) is 1.39. The first-order chi connectivity index (χ1) is 9.16. The second kappa shape index (κ2) is 3.33. The Morgan fingerprint density at radius 1 is 0.789 bits per heavy atom. The van der Waals surface area contributed by atoms with Crippen molar-refractivity contribution in [3.63, 3.8) is 0 Å². The minimum absolute atomic E-state index is 0.279. The summed E-state index contributed by atoms with van der Waals surface area (Å²) in [5.74, 6) is 0. The number of hydrogen-bond acceptors (Lipinski definition) is 4. The zero-order valence-electron chi connectivity index (χ0n) is 9.48. The van der Waals surface area contributed by atoms with Gasteiger partial charge < -0.3 is 0 Å². The van der Waals surface area contributed by atoms with Crippen molar-refractivity contribution in [2.75, 3.05) is 0 Å². The zero-order valence-corrected chi connectivity index (χ0v) is 10.3. The molecule has 0 saturated carbocycles. The Bertz CT molecular complexity index is 993. The molecule has 0 atom stereocenters. The molecule has 0 N–H and O–H groups in total. The van der Waals surface area contributed by atoms with Gasteiger partial charge in [0.25, 0.3) is 0 Å². The molecule has 1 aromatic carbocycles. The SMILES string of the molecule is O=S1(=O)N=c2c(c3ncccc3c3cccnc23)=N1. The van der Waals surface area contributed by atoms with Crippen LogP contribution >= 0.6 is 0 Å². The Labute approximate surface area is 107 Å². The number of fused-ring (bicyclic) bond motifs is 6. The van der Waals surface area contributed by atoms with Gasteiger partial charge in [-0.15, -0.1) is 8.80 Å². The molecule has 4 rings (SSSR count). The average Bonchev–Trinajstić information content (AvgIpc) is 2.75. The van der Waals surface area contributed by atoms with Crippen LogP contribution in [0.2, 0.25) is 0 Å². The molecule has 1 aliphatic heterocycles. The molecule has 0 fully saturated rings. The molecule has 0 aliphatic carbocycles. The summed E-state index contributed by atoms with van der Waals surface area (Å²) >= 11 is 0. The minimum atomic E-state index is -3.82. The highest BCUT2D eigenvalue weighted by Crippen LogP contribution is 2.18. The van der Waals surface area contributed by atoms with Gasteiger partial charge in [-0.25, -0.2) is 0 Å². The zero-order chi connectivity index (χ0) is 13.0. The second-order valence-electron chi connectivity index (χ2n) is 4.13. The summed E-state index contributed by atoms with van der Waals surface area (Å²) in [4.78, 5) is 8.45. The maximum atomic E-state index is 11.6. The molecule has 3 aromatic rings. The molecule has 3 heterocycles. The molecule has 2 aromatic heterocycles. The van der Waals surface area contributed by atoms with Gasteiger partial charge in [-0.1, -0.05) is 12.1 Å². The highest BCUT2D eigenvalue weighted by molar-refractivity contribution is 7.88. The van der Waals surface area contributed by atoms with Gasteiger partial charge >= 0.3 is 10.2 Å². The smallest absolute Gasteiger partial charge is 0.254 e. The lowest BCUT2D eigenvalue weighted by Gasteiger charge is -2.01. The molecule has 0 bridgehead atoms. The van der Waals surface area contributed by atoms with E-state index in [1.165, 1.54) is 0 Å². The molecule has 7 heteroatoms. The molecule has 1 aliphatic rings. The normalized spacial score (nSPS) is 16.0. The summed E-state index contributed by atoms with van der Waals surface area (Å²) in [6.45, 7) is 0. The number of hydrogen-bond donors (Lipinski definition) is 0. The summed E-state index contributed by atoms with van der Waals surface area (Å²) in [7, 11) is -3.82. The van der Waals surface area contributed by atoms with E-state index in [-0.39, 0.29) is 10.7 Å². The Morgan fingerprint density at radius 2 is 1.26 bits per heavy atom. The van der Waals surface area contributed by atoms with Gasteiger partial charge in [-0.3, -0.25) is 9.97 Å². The van der Waals surface area contributed by atoms with Crippen LogP contribution in [0.5, 0.6) is 0 Å². The van der Waals surface area contributed by atoms with E-state index in [4.69, 9.17) is 0 Å². The monoisotopic (exact) mass is 270 g/mol. The molecular weight excluding hydrogens is 264 g/mol. The third-order valence-electron chi connectivity index (χ3n) is 2.99. The number of aromatic nitrogens is 2. The van der Waals surface area contributed by atoms with E-state index in [0.717, 1.165) is 10.8 Å². The van der Waals surface area contributed by atoms with E-state index in [9.17, 15) is 8.42 Å². The fraction of sp³-hybridized carbons (Fsp3) is 0. The molecule has 0 unspecified atom stereocenters. The average molecular weight is 270 g/mol. The lowest BCUT2D eigenvalue weighted by atomic mass is 10.1. The van der Waals surface area contributed by atoms with Gasteiger partial charge in [0.05, 0.1) is 11.0 Å². The standard InChI is InChI=1S/C12H6N4O2S/c17-19(18)15-11-9-7(3-1-5-13-9)8-4-2-6-14-10(8)12(11)16-19/h1-6H. The quantitative estimate of drug-likeness (QED) is 0.549. The summed E-state index contributed by atoms with van der Waals surface area (Å²) in [5.41, 5.74) is 1.06. The maximum absolute atomic E-state index is 11.6. The number of benzene rings is 1. The molecule has 0 spiro atoms. The number of nitrogens with zero attached hydrogens (tertiary/aromatic N) is 4. The molecule has 6 nitrogen and oxygen atoms in total. The van der Waals surface area contributed by atoms with Crippen molar-refractivity contribution < 1.29 is 8.42 Å². The van der Waals surface area contributed by atoms with Crippen LogP contribution in [0.15, 0.2) is 45.5 Å². The third-order valence-corrected chi connectivity index (χ3v) is 3.82. The highest BCUT2D eigenvalue weighted by atomic mass is 32.2. The minimum Gasteiger partial charge on any atom is -0.254 e. The van der Waals surface area contributed by atoms with E-state index >= 15 is 0 Å². The van der Waals surface area contributed by atoms with Crippen LogP contribution in [0.1, 0.15) is 0 Å². The summed E-state index contributed by atoms with van der Waals surface area (Å²) in [6, 6.07) is 7.32. The van der Waals surface area contributed by atoms with Crippen molar-refractivity contribution in [1.29, 1.82) is 0 Å². The Hall–Kier alpha value is -2.41. The van der Waals surface area contributed by atoms with Crippen LogP contribution in [0, 0.1) is 0 Å². The first-order valence-electron chi connectivity index (χ1n) is 5.52. The van der Waals surface area contributed by atoms with Gasteiger partial charge in [0, 0.05) is 23.2 Å². The van der Waals surface area contributed by atoms with Crippen molar-refractivity contribution in [3.05, 3.63) is 47.4 Å². The van der Waals surface area contributed by atoms with Gasteiger partial charge in [-0.05, 0) is 12.1 Å². The van der Waals surface area contributed by atoms with Crippen molar-refractivity contribution in [1.82, 2.24) is 9.97 Å². The van der Waals surface area contributed by atoms with E-state index in [2.05, 4.69) is 18.8 Å². The van der Waals surface area contributed by atoms with Gasteiger partial charge in [0.15, 0.2) is 0 Å². The predicted molar refractivity (Wildman–Crippen MR) is 68.3 cm³/mol. The maximum Gasteiger partial charge on any atom is 0.364 e. The Morgan fingerprint density at radius 3 is 1.74 bits per heavy atom. The van der Waals surface area contributed by atoms with Crippen LogP contribution in [-0.2, 0) is 10.2 Å². The first kappa shape index (κ1) is 10.5. The van der Waals surface area contributed by atoms with Crippen molar-refractivity contribution in [2.24, 2.45) is 8.80 Å². The fourth-order valence-corrected chi connectivity index (χ4v) is 3.12. The molecule has 0 radical (unpaired) electrons. The molecular formula is C12H6N4O2S. The largest absolute Gasteiger partial charge is 0.364 e. The highest BCUT2D eigenvalue weighted by Gasteiger charge is 2.18. The number of rotatable bonds is 0. The van der Waals surface area contributed by atoms with Crippen molar-refractivity contribution in [3.8, 4) is 0 Å². The van der Waals surface area contributed by atoms with E-state index in [1.807, 2.05) is 12.1 Å². The molecule has 92 valence electrons. The van der Waals surface area contributed by atoms with E-state index < -0.39 is 10.2 Å². The van der Waals surface area contributed by atoms with Crippen LogP contribution in [-0.4, -0.2) is 18.4 Å². The molecule has 19 heavy (non-hydrogen) atoms. The van der Waals surface area contributed by atoms with Gasteiger partial charge in [-0.2, -0.15) is 8.42 Å². The number of pyridine rings is 2. The molecule has 0 amide bonds. The lowest BCUT2D eigenvalue weighted by Crippen LogP contribution is -2.25. The van der Waals surface area contributed by atoms with E-state index in [1.54, 1.807) is 24.5 Å². The Kier molecular flexibility index (Phi) is 1.84. The van der Waals surface area contributed by atoms with Gasteiger partial charge in [0.1, 0.15) is 10.7 Å². The lowest BCUT2D eigenvalue weighted by molar-refractivity contribution is 0.599. The predicted octanol–water partition coefficient (Wildman–Crippen LogP) is 0.281. The Balaban J connectivity index is 2.51. The van der Waals surface area contributed by atoms with Crippen LogP contribution in [0.4, 0.5) is 0 Å². The summed E-state index contributed by atoms with van der Waals surface area (Å²) in [5, 5.41) is 2.20. The van der Waals surface area contributed by atoms with Crippen LogP contribution in [0.25, 0.3) is 21.8 Å². The molecule has 0 saturated heterocycles. The van der Waals surface area contributed by atoms with Crippen LogP contribution < -0.4 is 10.7 Å². The summed E-state index contributed by atoms with van der Waals surface area (Å²) < 4.78 is 30.5. The van der Waals surface area contributed by atoms with Crippen molar-refractivity contribution in [2.45, 2.75) is 0 Å². The van der Waals surface area contributed by atoms with Crippen molar-refractivity contribution >= 4 is 32.0 Å². The second-order valence-corrected chi connectivity index (χ2v) is 5.39. The summed E-state index contributed by atoms with van der Waals surface area (Å²) in [6.07, 6.45) is 3.20. The fourth-order valence-electron chi connectivity index (χ4n) is 2.27. The topological polar surface area (TPSA) is 84.6 Å². The van der Waals surface area contributed by atoms with Crippen LogP contribution in [0.3, 0.4) is 0 Å². The van der Waals surface area contributed by atoms with Gasteiger partial charge in [0.2, 0.25) is 0 Å².